The highest BCUT2D eigenvalue weighted by atomic mass is 32.2. The molecule has 7 nitrogen and oxygen atoms in total. The fourth-order valence-corrected chi connectivity index (χ4v) is 4.39. The number of rotatable bonds is 5. The number of aromatic nitrogens is 2. The van der Waals surface area contributed by atoms with Crippen molar-refractivity contribution in [3.8, 4) is 0 Å². The molecule has 0 aromatic carbocycles. The average Bonchev–Trinajstić information content (AvgIpc) is 2.57. The minimum Gasteiger partial charge on any atom is -0.360 e. The molecule has 1 aliphatic carbocycles. The lowest BCUT2D eigenvalue weighted by molar-refractivity contribution is -0.385. The lowest BCUT2D eigenvalue weighted by Gasteiger charge is -2.31. The van der Waals surface area contributed by atoms with Gasteiger partial charge in [0.05, 0.1) is 4.92 Å². The number of hydrogen-bond acceptors (Lipinski definition) is 6. The molecule has 0 radical (unpaired) electrons. The summed E-state index contributed by atoms with van der Waals surface area (Å²) >= 11 is 1.86. The molecule has 2 aromatic heterocycles. The third-order valence-electron chi connectivity index (χ3n) is 4.30. The monoisotopic (exact) mass is 348 g/mol. The van der Waals surface area contributed by atoms with Gasteiger partial charge in [-0.3, -0.25) is 19.3 Å². The van der Waals surface area contributed by atoms with Crippen LogP contribution in [-0.4, -0.2) is 31.4 Å². The maximum Gasteiger partial charge on any atom is 0.376 e. The molecule has 2 aromatic rings. The Labute approximate surface area is 143 Å². The predicted octanol–water partition coefficient (Wildman–Crippen LogP) is 3.08. The summed E-state index contributed by atoms with van der Waals surface area (Å²) in [5.74, 6) is 1.09. The number of nitrogens with one attached hydrogen (secondary N) is 1. The molecule has 0 bridgehead atoms. The zero-order chi connectivity index (χ0) is 17.1. The molecule has 2 atom stereocenters. The topological polar surface area (TPSA) is 89.5 Å². The van der Waals surface area contributed by atoms with Crippen molar-refractivity contribution in [2.45, 2.75) is 43.9 Å². The van der Waals surface area contributed by atoms with Crippen LogP contribution in [0.5, 0.6) is 0 Å². The van der Waals surface area contributed by atoms with E-state index in [2.05, 4.69) is 17.2 Å². The molecule has 1 fully saturated rings. The molecule has 1 aliphatic rings. The van der Waals surface area contributed by atoms with E-state index >= 15 is 0 Å². The number of nitrogens with zero attached hydrogens (tertiary/aromatic N) is 3. The summed E-state index contributed by atoms with van der Waals surface area (Å²) in [4.78, 5) is 27.6. The minimum atomic E-state index is -0.649. The average molecular weight is 348 g/mol. The van der Waals surface area contributed by atoms with Crippen LogP contribution < -0.4 is 10.9 Å². The minimum absolute atomic E-state index is 0.0878. The Kier molecular flexibility index (Phi) is 5.03. The maximum atomic E-state index is 12.5. The summed E-state index contributed by atoms with van der Waals surface area (Å²) in [7, 11) is 0. The van der Waals surface area contributed by atoms with E-state index in [0.29, 0.717) is 10.9 Å². The normalized spacial score (nSPS) is 20.9. The second-order valence-corrected chi connectivity index (χ2v) is 7.35. The number of fused-ring (bicyclic) bond motifs is 1. The van der Waals surface area contributed by atoms with Crippen LogP contribution >= 0.6 is 11.8 Å². The molecule has 0 unspecified atom stereocenters. The number of anilines is 1. The number of nitro groups is 1. The summed E-state index contributed by atoms with van der Waals surface area (Å²) < 4.78 is 1.21. The molecule has 0 aliphatic heterocycles. The van der Waals surface area contributed by atoms with Gasteiger partial charge >= 0.3 is 11.2 Å². The second kappa shape index (κ2) is 7.21. The van der Waals surface area contributed by atoms with Gasteiger partial charge in [0.15, 0.2) is 0 Å². The SMILES string of the molecule is CCS[C@@H]1CCCC[C@H]1Nc1nc2ccccn2c(=O)c1[N+](=O)[O-]. The highest BCUT2D eigenvalue weighted by Gasteiger charge is 2.30. The summed E-state index contributed by atoms with van der Waals surface area (Å²) in [6.07, 6.45) is 5.77. The van der Waals surface area contributed by atoms with Crippen LogP contribution in [0.15, 0.2) is 29.2 Å². The molecule has 0 saturated heterocycles. The van der Waals surface area contributed by atoms with Crippen molar-refractivity contribution < 1.29 is 4.92 Å². The molecule has 8 heteroatoms. The molecule has 2 heterocycles. The largest absolute Gasteiger partial charge is 0.376 e. The zero-order valence-electron chi connectivity index (χ0n) is 13.5. The second-order valence-electron chi connectivity index (χ2n) is 5.83. The molecule has 1 N–H and O–H groups in total. The first kappa shape index (κ1) is 16.8. The quantitative estimate of drug-likeness (QED) is 0.660. The first-order valence-corrected chi connectivity index (χ1v) is 9.20. The molecular formula is C16H20N4O3S. The standard InChI is InChI=1S/C16H20N4O3S/c1-2-24-12-8-4-3-7-11(12)17-15-14(20(22)23)16(21)19-10-6-5-9-13(19)18-15/h5-6,9-12,17H,2-4,7-8H2,1H3/t11-,12-/m1/s1. The molecular weight excluding hydrogens is 328 g/mol. The van der Waals surface area contributed by atoms with Gasteiger partial charge in [0.2, 0.25) is 5.82 Å². The van der Waals surface area contributed by atoms with Crippen LogP contribution in [0.4, 0.5) is 11.5 Å². The Morgan fingerprint density at radius 2 is 2.21 bits per heavy atom. The first-order valence-electron chi connectivity index (χ1n) is 8.15. The van der Waals surface area contributed by atoms with E-state index < -0.39 is 16.2 Å². The number of hydrogen-bond donors (Lipinski definition) is 1. The molecule has 0 spiro atoms. The van der Waals surface area contributed by atoms with Gasteiger partial charge in [-0.15, -0.1) is 0 Å². The summed E-state index contributed by atoms with van der Waals surface area (Å²) in [6, 6.07) is 5.19. The number of pyridine rings is 1. The van der Waals surface area contributed by atoms with E-state index in [1.807, 2.05) is 11.8 Å². The Morgan fingerprint density at radius 3 is 2.96 bits per heavy atom. The van der Waals surface area contributed by atoms with Crippen LogP contribution in [0.1, 0.15) is 32.6 Å². The Bertz CT molecular complexity index is 805. The van der Waals surface area contributed by atoms with E-state index in [1.54, 1.807) is 18.2 Å². The molecule has 24 heavy (non-hydrogen) atoms. The van der Waals surface area contributed by atoms with Crippen molar-refractivity contribution in [2.75, 3.05) is 11.1 Å². The van der Waals surface area contributed by atoms with E-state index in [-0.39, 0.29) is 11.9 Å². The van der Waals surface area contributed by atoms with Gasteiger partial charge in [-0.1, -0.05) is 25.8 Å². The fourth-order valence-electron chi connectivity index (χ4n) is 3.20. The Morgan fingerprint density at radius 1 is 1.42 bits per heavy atom. The van der Waals surface area contributed by atoms with Gasteiger partial charge in [-0.2, -0.15) is 11.8 Å². The lowest BCUT2D eigenvalue weighted by Crippen LogP contribution is -2.36. The smallest absolute Gasteiger partial charge is 0.360 e. The molecule has 0 amide bonds. The third-order valence-corrected chi connectivity index (χ3v) is 5.62. The highest BCUT2D eigenvalue weighted by molar-refractivity contribution is 7.99. The van der Waals surface area contributed by atoms with Gasteiger partial charge < -0.3 is 5.32 Å². The van der Waals surface area contributed by atoms with Gasteiger partial charge in [0.1, 0.15) is 5.65 Å². The van der Waals surface area contributed by atoms with E-state index in [0.717, 1.165) is 25.0 Å². The molecule has 1 saturated carbocycles. The van der Waals surface area contributed by atoms with Crippen LogP contribution in [0.3, 0.4) is 0 Å². The first-order chi connectivity index (χ1) is 11.6. The lowest BCUT2D eigenvalue weighted by atomic mass is 9.95. The molecule has 128 valence electrons. The van der Waals surface area contributed by atoms with Crippen molar-refractivity contribution in [3.05, 3.63) is 44.9 Å². The van der Waals surface area contributed by atoms with Crippen molar-refractivity contribution in [2.24, 2.45) is 0 Å². The van der Waals surface area contributed by atoms with Crippen molar-refractivity contribution in [1.82, 2.24) is 9.38 Å². The van der Waals surface area contributed by atoms with Crippen molar-refractivity contribution in [1.29, 1.82) is 0 Å². The fraction of sp³-hybridized carbons (Fsp3) is 0.500. The highest BCUT2D eigenvalue weighted by Crippen LogP contribution is 2.32. The van der Waals surface area contributed by atoms with Crippen LogP contribution in [0, 0.1) is 10.1 Å². The summed E-state index contributed by atoms with van der Waals surface area (Å²) in [6.45, 7) is 2.11. The van der Waals surface area contributed by atoms with Gasteiger partial charge in [-0.05, 0) is 30.7 Å². The van der Waals surface area contributed by atoms with Gasteiger partial charge in [0, 0.05) is 17.5 Å². The number of thioether (sulfide) groups is 1. The summed E-state index contributed by atoms with van der Waals surface area (Å²) in [5.41, 5.74) is -0.723. The van der Waals surface area contributed by atoms with Crippen LogP contribution in [-0.2, 0) is 0 Å². The van der Waals surface area contributed by atoms with Gasteiger partial charge in [-0.25, -0.2) is 4.98 Å². The predicted molar refractivity (Wildman–Crippen MR) is 95.9 cm³/mol. The maximum absolute atomic E-state index is 12.5. The Balaban J connectivity index is 2.03. The summed E-state index contributed by atoms with van der Waals surface area (Å²) in [5, 5.41) is 15.0. The third kappa shape index (κ3) is 3.24. The Hall–Kier alpha value is -2.09. The van der Waals surface area contributed by atoms with E-state index in [1.165, 1.54) is 17.0 Å². The van der Waals surface area contributed by atoms with E-state index in [9.17, 15) is 14.9 Å². The van der Waals surface area contributed by atoms with Gasteiger partial charge in [0.25, 0.3) is 0 Å². The van der Waals surface area contributed by atoms with Crippen LogP contribution in [0.25, 0.3) is 5.65 Å². The van der Waals surface area contributed by atoms with Crippen molar-refractivity contribution >= 4 is 28.9 Å². The van der Waals surface area contributed by atoms with Crippen LogP contribution in [0.2, 0.25) is 0 Å². The molecule has 3 rings (SSSR count). The van der Waals surface area contributed by atoms with Crippen molar-refractivity contribution in [3.63, 3.8) is 0 Å². The van der Waals surface area contributed by atoms with E-state index in [4.69, 9.17) is 0 Å². The zero-order valence-corrected chi connectivity index (χ0v) is 14.3.